The predicted octanol–water partition coefficient (Wildman–Crippen LogP) is 1.85. The van der Waals surface area contributed by atoms with Crippen LogP contribution in [0.25, 0.3) is 6.08 Å². The predicted molar refractivity (Wildman–Crippen MR) is 338 cm³/mol. The average Bonchev–Trinajstić information content (AvgIpc) is 1.59. The fourth-order valence-corrected chi connectivity index (χ4v) is 11.0. The van der Waals surface area contributed by atoms with E-state index in [4.69, 9.17) is 10.5 Å². The Morgan fingerprint density at radius 3 is 2.01 bits per heavy atom. The van der Waals surface area contributed by atoms with Gasteiger partial charge in [-0.15, -0.1) is 0 Å². The van der Waals surface area contributed by atoms with Crippen LogP contribution < -0.4 is 32.3 Å². The van der Waals surface area contributed by atoms with Crippen LogP contribution in [-0.4, -0.2) is 193 Å². The Labute approximate surface area is 541 Å². The maximum absolute atomic E-state index is 14.0. The first-order valence-corrected chi connectivity index (χ1v) is 31.0. The summed E-state index contributed by atoms with van der Waals surface area (Å²) in [6.45, 7) is 6.63. The molecular formula is C65H77N13O16. The van der Waals surface area contributed by atoms with Crippen LogP contribution in [0.3, 0.4) is 0 Å². The third-order valence-electron chi connectivity index (χ3n) is 16.5. The molecule has 3 aromatic rings. The molecule has 1 aliphatic carbocycles. The van der Waals surface area contributed by atoms with Gasteiger partial charge in [-0.1, -0.05) is 45.0 Å². The van der Waals surface area contributed by atoms with Crippen LogP contribution in [0, 0.1) is 5.92 Å². The van der Waals surface area contributed by atoms with Gasteiger partial charge in [0.1, 0.15) is 30.6 Å². The summed E-state index contributed by atoms with van der Waals surface area (Å²) in [6.07, 6.45) is 7.52. The lowest BCUT2D eigenvalue weighted by atomic mass is 9.92. The fourth-order valence-electron chi connectivity index (χ4n) is 11.0. The standard InChI is InChI=1S/C65H77N13O16/c1-5-23-75(29-30-79)62(91)42-31-41-8-9-44(34-49(41)71-50(66)33-42)65(21-22-65)63(92)70-46-32-43-36-76(24-20-47(43)67-35-46)64(93)94-37-40-6-10-45(11-7-40)69-59(88)39(4)68-61(90)58(38(2)3)73-60(89)48(12-19-57(86)87)72-51(80)13-14-52(81)74(25-27-77-53(82)15-16-54(77)83)26-28-78-55(84)17-18-56(78)85/h6-11,15-18,31-32,34-35,38-39,48,58,79H,5,12-14,19-30,33,36-37H2,1-4H3,(H2,66,71)(H,68,90)(H,69,88)(H,70,92)(H,72,80)(H,73,89)(H,86,87)/t39-,48-,58-/m0/s1. The van der Waals surface area contributed by atoms with Crippen molar-refractivity contribution in [3.8, 4) is 0 Å². The van der Waals surface area contributed by atoms with Crippen LogP contribution in [-0.2, 0) is 87.3 Å². The van der Waals surface area contributed by atoms with Gasteiger partial charge < -0.3 is 62.0 Å². The Hall–Kier alpha value is -10.5. The first kappa shape index (κ1) is 69.4. The second kappa shape index (κ2) is 31.2. The van der Waals surface area contributed by atoms with Crippen LogP contribution in [0.2, 0.25) is 0 Å². The lowest BCUT2D eigenvalue weighted by Crippen LogP contribution is -2.57. The van der Waals surface area contributed by atoms with E-state index in [1.165, 1.54) is 16.7 Å². The highest BCUT2D eigenvalue weighted by molar-refractivity contribution is 6.14. The van der Waals surface area contributed by atoms with Crippen molar-refractivity contribution >= 4 is 106 Å². The molecule has 1 saturated carbocycles. The number of aromatic nitrogens is 1. The van der Waals surface area contributed by atoms with Gasteiger partial charge in [-0.05, 0) is 85.6 Å². The van der Waals surface area contributed by atoms with Crippen molar-refractivity contribution in [1.29, 1.82) is 0 Å². The SMILES string of the molecule is CCCN(CCO)C(=O)C1=Cc2ccc(C3(C(=O)Nc4cnc5c(c4)CN(C(=O)OCc4ccc(NC(=O)[C@H](C)NC(=O)[C@@H](NC(=O)[C@H](CCC(=O)O)NC(=O)CCC(=O)N(CCN6C(=O)C=CC6=O)CCN6C(=O)C=CC6=O)C(C)C)cc4)CC5)CC3)cc2N=C(N)C1. The monoisotopic (exact) mass is 1300 g/mol. The quantitative estimate of drug-likeness (QED) is 0.0441. The molecule has 498 valence electrons. The summed E-state index contributed by atoms with van der Waals surface area (Å²) in [5.74, 6) is -8.36. The Balaban J connectivity index is 0.789. The second-order valence-corrected chi connectivity index (χ2v) is 23.7. The van der Waals surface area contributed by atoms with Crippen molar-refractivity contribution in [2.24, 2.45) is 16.6 Å². The molecule has 5 heterocycles. The number of aliphatic hydroxyl groups excluding tert-OH is 1. The molecule has 0 unspecified atom stereocenters. The van der Waals surface area contributed by atoms with E-state index in [0.717, 1.165) is 57.3 Å². The summed E-state index contributed by atoms with van der Waals surface area (Å²) in [7, 11) is 0. The molecule has 5 aliphatic rings. The molecule has 4 aliphatic heterocycles. The Bertz CT molecular complexity index is 3540. The molecule has 0 saturated heterocycles. The number of hydrogen-bond donors (Lipinski definition) is 8. The van der Waals surface area contributed by atoms with E-state index in [9.17, 15) is 72.5 Å². The Kier molecular flexibility index (Phi) is 23.1. The number of anilines is 2. The summed E-state index contributed by atoms with van der Waals surface area (Å²) in [4.78, 5) is 184. The zero-order valence-electron chi connectivity index (χ0n) is 52.6. The molecule has 0 radical (unpaired) electrons. The molecule has 1 aromatic heterocycles. The van der Waals surface area contributed by atoms with E-state index in [1.54, 1.807) is 61.4 Å². The topological polar surface area (TPSA) is 399 Å². The number of nitrogens with zero attached hydrogens (tertiary/aromatic N) is 7. The summed E-state index contributed by atoms with van der Waals surface area (Å²) in [6, 6.07) is 9.81. The first-order chi connectivity index (χ1) is 44.9. The second-order valence-electron chi connectivity index (χ2n) is 23.7. The third kappa shape index (κ3) is 17.8. The smallest absolute Gasteiger partial charge is 0.410 e. The summed E-state index contributed by atoms with van der Waals surface area (Å²) in [5, 5.41) is 32.3. The fraction of sp³-hybridized carbons (Fsp3) is 0.431. The van der Waals surface area contributed by atoms with Gasteiger partial charge in [-0.25, -0.2) is 9.79 Å². The lowest BCUT2D eigenvalue weighted by Gasteiger charge is -2.28. The highest BCUT2D eigenvalue weighted by Crippen LogP contribution is 2.50. The number of aliphatic imine (C=N–C) groups is 1. The Morgan fingerprint density at radius 2 is 1.40 bits per heavy atom. The first-order valence-electron chi connectivity index (χ1n) is 31.0. The minimum Gasteiger partial charge on any atom is -0.481 e. The number of amides is 12. The van der Waals surface area contributed by atoms with Crippen LogP contribution in [0.15, 0.2) is 89.6 Å². The normalized spacial score (nSPS) is 16.2. The van der Waals surface area contributed by atoms with Gasteiger partial charge >= 0.3 is 12.1 Å². The van der Waals surface area contributed by atoms with Gasteiger partial charge in [0.05, 0.1) is 36.1 Å². The maximum Gasteiger partial charge on any atom is 0.410 e. The summed E-state index contributed by atoms with van der Waals surface area (Å²) >= 11 is 0. The molecular weight excluding hydrogens is 1220 g/mol. The van der Waals surface area contributed by atoms with Crippen LogP contribution in [0.1, 0.15) is 107 Å². The van der Waals surface area contributed by atoms with Gasteiger partial charge in [0.2, 0.25) is 41.4 Å². The number of hydrogen-bond acceptors (Lipinski definition) is 18. The number of aliphatic carboxylic acids is 1. The van der Waals surface area contributed by atoms with Crippen LogP contribution in [0.5, 0.6) is 0 Å². The van der Waals surface area contributed by atoms with E-state index in [0.29, 0.717) is 66.1 Å². The van der Waals surface area contributed by atoms with E-state index in [2.05, 4.69) is 36.6 Å². The third-order valence-corrected chi connectivity index (χ3v) is 16.5. The molecule has 9 N–H and O–H groups in total. The number of ether oxygens (including phenoxy) is 1. The molecule has 29 heteroatoms. The van der Waals surface area contributed by atoms with Crippen molar-refractivity contribution in [1.82, 2.24) is 45.4 Å². The van der Waals surface area contributed by atoms with Crippen molar-refractivity contribution in [2.45, 2.75) is 122 Å². The van der Waals surface area contributed by atoms with Crippen molar-refractivity contribution < 1.29 is 77.3 Å². The number of rotatable bonds is 30. The van der Waals surface area contributed by atoms with E-state index >= 15 is 0 Å². The number of fused-ring (bicyclic) bond motifs is 2. The minimum absolute atomic E-state index is 0.112. The van der Waals surface area contributed by atoms with E-state index in [-0.39, 0.29) is 76.6 Å². The average molecular weight is 1300 g/mol. The molecule has 2 aromatic carbocycles. The number of carboxylic acids is 1. The number of amidine groups is 1. The van der Waals surface area contributed by atoms with Crippen molar-refractivity contribution in [3.05, 3.63) is 113 Å². The largest absolute Gasteiger partial charge is 0.481 e. The number of carbonyl (C=O) groups excluding carboxylic acids is 12. The molecule has 12 amide bonds. The number of aliphatic hydroxyl groups is 1. The zero-order valence-corrected chi connectivity index (χ0v) is 52.6. The van der Waals surface area contributed by atoms with Crippen molar-refractivity contribution in [2.75, 3.05) is 63.1 Å². The van der Waals surface area contributed by atoms with Crippen LogP contribution in [0.4, 0.5) is 21.9 Å². The molecule has 29 nitrogen and oxygen atoms in total. The van der Waals surface area contributed by atoms with Gasteiger partial charge in [0.15, 0.2) is 0 Å². The number of nitrogens with two attached hydrogens (primary N) is 1. The lowest BCUT2D eigenvalue weighted by molar-refractivity contribution is -0.141. The van der Waals surface area contributed by atoms with Gasteiger partial charge in [-0.3, -0.25) is 72.3 Å². The van der Waals surface area contributed by atoms with E-state index < -0.39 is 120 Å². The maximum atomic E-state index is 14.0. The molecule has 0 bridgehead atoms. The van der Waals surface area contributed by atoms with Gasteiger partial charge in [0, 0.05) is 125 Å². The number of pyridine rings is 1. The zero-order chi connectivity index (χ0) is 68.0. The summed E-state index contributed by atoms with van der Waals surface area (Å²) in [5.41, 5.74) is 10.8. The summed E-state index contributed by atoms with van der Waals surface area (Å²) < 4.78 is 5.68. The minimum atomic E-state index is -1.50. The number of nitrogens with one attached hydrogen (secondary N) is 5. The Morgan fingerprint density at radius 1 is 0.745 bits per heavy atom. The highest BCUT2D eigenvalue weighted by atomic mass is 16.6. The number of imide groups is 2. The number of carbonyl (C=O) groups is 13. The van der Waals surface area contributed by atoms with E-state index in [1.807, 2.05) is 25.1 Å². The number of carboxylic acid groups (broad SMARTS) is 1. The van der Waals surface area contributed by atoms with Gasteiger partial charge in [-0.2, -0.15) is 0 Å². The molecule has 0 spiro atoms. The molecule has 94 heavy (non-hydrogen) atoms. The number of benzene rings is 2. The van der Waals surface area contributed by atoms with Gasteiger partial charge in [0.25, 0.3) is 23.6 Å². The molecule has 3 atom stereocenters. The van der Waals surface area contributed by atoms with Crippen molar-refractivity contribution in [3.63, 3.8) is 0 Å². The van der Waals surface area contributed by atoms with Crippen LogP contribution >= 0.6 is 0 Å². The highest BCUT2D eigenvalue weighted by Gasteiger charge is 2.51. The molecule has 8 rings (SSSR count). The molecule has 1 fully saturated rings.